The van der Waals surface area contributed by atoms with E-state index in [1.165, 1.54) is 21.9 Å². The van der Waals surface area contributed by atoms with Crippen LogP contribution in [0.1, 0.15) is 32.8 Å². The van der Waals surface area contributed by atoms with Crippen LogP contribution in [0, 0.1) is 5.92 Å². The number of carbonyl (C=O) groups is 2. The van der Waals surface area contributed by atoms with E-state index in [1.54, 1.807) is 6.92 Å². The Morgan fingerprint density at radius 2 is 1.96 bits per heavy atom. The Balaban J connectivity index is 2.19. The predicted molar refractivity (Wildman–Crippen MR) is 84.4 cm³/mol. The van der Waals surface area contributed by atoms with Crippen molar-refractivity contribution < 1.29 is 22.8 Å². The molecule has 1 heterocycles. The van der Waals surface area contributed by atoms with Gasteiger partial charge in [-0.05, 0) is 31.0 Å². The molecule has 0 N–H and O–H groups in total. The number of alkyl halides is 3. The lowest BCUT2D eigenvalue weighted by molar-refractivity contribution is -0.141. The second-order valence-electron chi connectivity index (χ2n) is 6.40. The van der Waals surface area contributed by atoms with Gasteiger partial charge in [0.15, 0.2) is 0 Å². The number of hydrogen-bond donors (Lipinski definition) is 0. The van der Waals surface area contributed by atoms with Crippen LogP contribution in [-0.2, 0) is 15.8 Å². The van der Waals surface area contributed by atoms with Crippen LogP contribution in [0.2, 0.25) is 0 Å². The van der Waals surface area contributed by atoms with Gasteiger partial charge in [-0.15, -0.1) is 0 Å². The van der Waals surface area contributed by atoms with Gasteiger partial charge < -0.3 is 9.80 Å². The van der Waals surface area contributed by atoms with Gasteiger partial charge in [0.05, 0.1) is 5.56 Å². The van der Waals surface area contributed by atoms with Crippen molar-refractivity contribution in [1.82, 2.24) is 4.90 Å². The second-order valence-corrected chi connectivity index (χ2v) is 6.40. The lowest BCUT2D eigenvalue weighted by Gasteiger charge is -2.39. The highest BCUT2D eigenvalue weighted by molar-refractivity contribution is 6.00. The maximum absolute atomic E-state index is 12.8. The Kier molecular flexibility index (Phi) is 5.20. The van der Waals surface area contributed by atoms with Crippen molar-refractivity contribution >= 4 is 17.5 Å². The summed E-state index contributed by atoms with van der Waals surface area (Å²) in [6, 6.07) is 4.02. The number of anilines is 1. The molecular weight excluding hydrogens is 321 g/mol. The van der Waals surface area contributed by atoms with Gasteiger partial charge in [-0.25, -0.2) is 0 Å². The van der Waals surface area contributed by atoms with Gasteiger partial charge in [0.25, 0.3) is 0 Å². The molecule has 1 aromatic rings. The van der Waals surface area contributed by atoms with Crippen LogP contribution >= 0.6 is 0 Å². The van der Waals surface area contributed by atoms with Crippen LogP contribution in [0.4, 0.5) is 18.9 Å². The first kappa shape index (κ1) is 18.3. The number of amides is 2. The van der Waals surface area contributed by atoms with Crippen LogP contribution in [0.15, 0.2) is 24.3 Å². The molecule has 2 amide bonds. The molecule has 1 aromatic carbocycles. The lowest BCUT2D eigenvalue weighted by Crippen LogP contribution is -2.58. The van der Waals surface area contributed by atoms with Gasteiger partial charge in [-0.1, -0.05) is 19.9 Å². The van der Waals surface area contributed by atoms with E-state index in [9.17, 15) is 22.8 Å². The molecule has 0 radical (unpaired) electrons. The summed E-state index contributed by atoms with van der Waals surface area (Å²) >= 11 is 0. The van der Waals surface area contributed by atoms with E-state index < -0.39 is 17.8 Å². The van der Waals surface area contributed by atoms with E-state index in [1.807, 2.05) is 13.8 Å². The zero-order valence-corrected chi connectivity index (χ0v) is 13.9. The van der Waals surface area contributed by atoms with Crippen LogP contribution < -0.4 is 4.90 Å². The minimum atomic E-state index is -4.46. The Labute approximate surface area is 139 Å². The predicted octanol–water partition coefficient (Wildman–Crippen LogP) is 3.32. The normalized spacial score (nSPS) is 19.1. The molecule has 0 aromatic heterocycles. The molecule has 0 aliphatic carbocycles. The number of nitrogens with zero attached hydrogens (tertiary/aromatic N) is 2. The second kappa shape index (κ2) is 6.83. The number of carbonyl (C=O) groups excluding carboxylic acids is 2. The molecule has 132 valence electrons. The maximum atomic E-state index is 12.8. The van der Waals surface area contributed by atoms with Gasteiger partial charge in [0.1, 0.15) is 6.04 Å². The van der Waals surface area contributed by atoms with E-state index in [2.05, 4.69) is 0 Å². The zero-order valence-electron chi connectivity index (χ0n) is 13.9. The number of piperazine rings is 1. The lowest BCUT2D eigenvalue weighted by atomic mass is 10.1. The molecule has 24 heavy (non-hydrogen) atoms. The van der Waals surface area contributed by atoms with Gasteiger partial charge in [-0.3, -0.25) is 9.59 Å². The van der Waals surface area contributed by atoms with Crippen molar-refractivity contribution in [2.45, 2.75) is 39.4 Å². The fourth-order valence-corrected chi connectivity index (χ4v) is 2.78. The molecule has 0 saturated carbocycles. The fraction of sp³-hybridized carbons (Fsp3) is 0.529. The first-order chi connectivity index (χ1) is 11.1. The van der Waals surface area contributed by atoms with Gasteiger partial charge in [0.2, 0.25) is 11.8 Å². The fourth-order valence-electron chi connectivity index (χ4n) is 2.78. The average molecular weight is 342 g/mol. The quantitative estimate of drug-likeness (QED) is 0.845. The molecule has 0 bridgehead atoms. The molecule has 1 atom stereocenters. The smallest absolute Gasteiger partial charge is 0.329 e. The van der Waals surface area contributed by atoms with Crippen LogP contribution in [0.5, 0.6) is 0 Å². The summed E-state index contributed by atoms with van der Waals surface area (Å²) in [6.45, 7) is 5.95. The maximum Gasteiger partial charge on any atom is 0.416 e. The van der Waals surface area contributed by atoms with Crippen LogP contribution in [0.3, 0.4) is 0 Å². The van der Waals surface area contributed by atoms with E-state index in [0.717, 1.165) is 12.1 Å². The standard InChI is InChI=1S/C17H21F3N2O2/c1-11(2)9-15(23)21-7-8-22(16(24)12(21)3)14-6-4-5-13(10-14)17(18,19)20/h4-6,10-12H,7-9H2,1-3H3. The van der Waals surface area contributed by atoms with E-state index in [-0.39, 0.29) is 30.0 Å². The molecule has 1 aliphatic rings. The SMILES string of the molecule is CC(C)CC(=O)N1CCN(c2cccc(C(F)(F)F)c2)C(=O)C1C. The highest BCUT2D eigenvalue weighted by Gasteiger charge is 2.36. The Morgan fingerprint density at radius 3 is 2.54 bits per heavy atom. The summed E-state index contributed by atoms with van der Waals surface area (Å²) < 4.78 is 38.5. The number of benzene rings is 1. The Morgan fingerprint density at radius 1 is 1.29 bits per heavy atom. The molecule has 1 fully saturated rings. The number of hydrogen-bond acceptors (Lipinski definition) is 2. The first-order valence-electron chi connectivity index (χ1n) is 7.89. The molecule has 1 aliphatic heterocycles. The molecule has 7 heteroatoms. The van der Waals surface area contributed by atoms with Crippen molar-refractivity contribution in [2.75, 3.05) is 18.0 Å². The highest BCUT2D eigenvalue weighted by atomic mass is 19.4. The Bertz CT molecular complexity index is 629. The van der Waals surface area contributed by atoms with E-state index in [4.69, 9.17) is 0 Å². The number of halogens is 3. The van der Waals surface area contributed by atoms with Crippen LogP contribution in [-0.4, -0.2) is 35.8 Å². The van der Waals surface area contributed by atoms with Crippen molar-refractivity contribution in [1.29, 1.82) is 0 Å². The first-order valence-corrected chi connectivity index (χ1v) is 7.89. The minimum Gasteiger partial charge on any atom is -0.329 e. The topological polar surface area (TPSA) is 40.6 Å². The molecule has 1 saturated heterocycles. The average Bonchev–Trinajstić information content (AvgIpc) is 2.48. The van der Waals surface area contributed by atoms with Crippen molar-refractivity contribution in [3.05, 3.63) is 29.8 Å². The summed E-state index contributed by atoms with van der Waals surface area (Å²) in [5.74, 6) is -0.284. The van der Waals surface area contributed by atoms with E-state index in [0.29, 0.717) is 13.0 Å². The summed E-state index contributed by atoms with van der Waals surface area (Å²) in [5, 5.41) is 0. The molecule has 0 spiro atoms. The highest BCUT2D eigenvalue weighted by Crippen LogP contribution is 2.32. The Hall–Kier alpha value is -2.05. The summed E-state index contributed by atoms with van der Waals surface area (Å²) in [6.07, 6.45) is -4.11. The largest absolute Gasteiger partial charge is 0.416 e. The summed E-state index contributed by atoms with van der Waals surface area (Å²) in [4.78, 5) is 27.6. The third-order valence-corrected chi connectivity index (χ3v) is 4.04. The summed E-state index contributed by atoms with van der Waals surface area (Å²) in [5.41, 5.74) is -0.587. The third kappa shape index (κ3) is 3.88. The van der Waals surface area contributed by atoms with Crippen molar-refractivity contribution in [3.8, 4) is 0 Å². The summed E-state index contributed by atoms with van der Waals surface area (Å²) in [7, 11) is 0. The van der Waals surface area contributed by atoms with Crippen molar-refractivity contribution in [3.63, 3.8) is 0 Å². The molecular formula is C17H21F3N2O2. The van der Waals surface area contributed by atoms with Crippen molar-refractivity contribution in [2.24, 2.45) is 5.92 Å². The monoisotopic (exact) mass is 342 g/mol. The minimum absolute atomic E-state index is 0.102. The molecule has 4 nitrogen and oxygen atoms in total. The zero-order chi connectivity index (χ0) is 18.1. The van der Waals surface area contributed by atoms with Crippen LogP contribution in [0.25, 0.3) is 0 Å². The third-order valence-electron chi connectivity index (χ3n) is 4.04. The molecule has 2 rings (SSSR count). The van der Waals surface area contributed by atoms with Gasteiger partial charge in [0, 0.05) is 25.2 Å². The van der Waals surface area contributed by atoms with E-state index >= 15 is 0 Å². The van der Waals surface area contributed by atoms with Gasteiger partial charge >= 0.3 is 6.18 Å². The van der Waals surface area contributed by atoms with Gasteiger partial charge in [-0.2, -0.15) is 13.2 Å². The molecule has 1 unspecified atom stereocenters. The number of rotatable bonds is 3.